The Kier molecular flexibility index (Phi) is 12.9. The number of ether oxygens (including phenoxy) is 5. The second-order valence-electron chi connectivity index (χ2n) is 12.7. The third-order valence-electron chi connectivity index (χ3n) is 8.54. The van der Waals surface area contributed by atoms with Gasteiger partial charge in [0.25, 0.3) is 0 Å². The van der Waals surface area contributed by atoms with E-state index in [2.05, 4.69) is 72.0 Å². The van der Waals surface area contributed by atoms with Crippen molar-refractivity contribution in [1.82, 2.24) is 0 Å². The van der Waals surface area contributed by atoms with E-state index in [-0.39, 0.29) is 29.1 Å². The number of benzene rings is 2. The fourth-order valence-corrected chi connectivity index (χ4v) is 5.66. The molecular weight excluding hydrogens is 544 g/mol. The van der Waals surface area contributed by atoms with E-state index in [1.165, 1.54) is 0 Å². The summed E-state index contributed by atoms with van der Waals surface area (Å²) in [6.45, 7) is 17.5. The van der Waals surface area contributed by atoms with E-state index < -0.39 is 14.6 Å². The summed E-state index contributed by atoms with van der Waals surface area (Å²) in [6, 6.07) is 15.9. The van der Waals surface area contributed by atoms with Crippen LogP contribution < -0.4 is 9.47 Å². The van der Waals surface area contributed by atoms with Gasteiger partial charge in [0.2, 0.25) is 0 Å². The van der Waals surface area contributed by atoms with Crippen LogP contribution in [0.2, 0.25) is 18.1 Å². The highest BCUT2D eigenvalue weighted by molar-refractivity contribution is 6.74. The van der Waals surface area contributed by atoms with Gasteiger partial charge in [-0.15, -0.1) is 0 Å². The van der Waals surface area contributed by atoms with Crippen LogP contribution in [0.25, 0.3) is 0 Å². The Morgan fingerprint density at radius 3 is 2.07 bits per heavy atom. The molecule has 3 rings (SSSR count). The molecule has 0 saturated carbocycles. The average Bonchev–Trinajstić information content (AvgIpc) is 2.97. The molecule has 2 aromatic carbocycles. The normalized spacial score (nSPS) is 22.5. The van der Waals surface area contributed by atoms with Crippen molar-refractivity contribution in [2.24, 2.45) is 11.8 Å². The summed E-state index contributed by atoms with van der Waals surface area (Å²) in [6.07, 6.45) is 8.78. The number of allylic oxidation sites excluding steroid dienone is 2. The number of hydrogen-bond donors (Lipinski definition) is 0. The molecule has 1 aliphatic heterocycles. The topological polar surface area (TPSA) is 55.4 Å². The molecule has 42 heavy (non-hydrogen) atoms. The lowest BCUT2D eigenvalue weighted by atomic mass is 9.86. The van der Waals surface area contributed by atoms with E-state index in [9.17, 15) is 0 Å². The van der Waals surface area contributed by atoms with E-state index in [0.717, 1.165) is 29.0 Å². The molecule has 1 fully saturated rings. The lowest BCUT2D eigenvalue weighted by molar-refractivity contribution is -0.282. The van der Waals surface area contributed by atoms with Crippen LogP contribution in [0.15, 0.2) is 72.8 Å². The van der Waals surface area contributed by atoms with Gasteiger partial charge in [-0.2, -0.15) is 0 Å². The largest absolute Gasteiger partial charge is 0.497 e. The molecule has 0 aromatic heterocycles. The first kappa shape index (κ1) is 34.1. The standard InChI is InChI=1S/C35H52O6Si/c1-26(24-38-25-28-15-19-30(36-6)20-16-28)33-27(2)32(40-34(41-33)29-17-21-31(37-7)22-18-29)14-12-10-11-13-23-39-42(8,9)35(3,4)5/h10-13,15-22,26-27,32-34H,14,23-25H2,1-9H3/b12-10+,13-11+/t26-,27-,32-,33-,34+/m1/s1. The van der Waals surface area contributed by atoms with Crippen molar-refractivity contribution in [3.05, 3.63) is 84.0 Å². The first-order valence-electron chi connectivity index (χ1n) is 15.1. The fraction of sp³-hybridized carbons (Fsp3) is 0.543. The van der Waals surface area contributed by atoms with Crippen molar-refractivity contribution >= 4 is 8.32 Å². The van der Waals surface area contributed by atoms with E-state index >= 15 is 0 Å². The van der Waals surface area contributed by atoms with Crippen molar-refractivity contribution < 1.29 is 28.1 Å². The zero-order valence-corrected chi connectivity index (χ0v) is 28.1. The SMILES string of the molecule is COc1ccc(COC[C@@H](C)[C@H]2O[C@@H](c3ccc(OC)cc3)O[C@H](C/C=C/C=C/CO[Si](C)(C)C(C)(C)C)[C@H]2C)cc1. The fourth-order valence-electron chi connectivity index (χ4n) is 4.71. The van der Waals surface area contributed by atoms with E-state index in [1.54, 1.807) is 14.2 Å². The molecule has 1 saturated heterocycles. The Bertz CT molecular complexity index is 1120. The van der Waals surface area contributed by atoms with Gasteiger partial charge in [-0.05, 0) is 54.4 Å². The van der Waals surface area contributed by atoms with Crippen molar-refractivity contribution in [1.29, 1.82) is 0 Å². The lowest BCUT2D eigenvalue weighted by Crippen LogP contribution is -2.45. The smallest absolute Gasteiger partial charge is 0.192 e. The maximum absolute atomic E-state index is 6.59. The summed E-state index contributed by atoms with van der Waals surface area (Å²) >= 11 is 0. The van der Waals surface area contributed by atoms with E-state index in [4.69, 9.17) is 28.1 Å². The van der Waals surface area contributed by atoms with Crippen LogP contribution in [-0.2, 0) is 25.2 Å². The van der Waals surface area contributed by atoms with Crippen molar-refractivity contribution in [2.75, 3.05) is 27.4 Å². The molecular formula is C35H52O6Si. The average molecular weight is 597 g/mol. The van der Waals surface area contributed by atoms with Gasteiger partial charge in [0, 0.05) is 17.4 Å². The van der Waals surface area contributed by atoms with Crippen LogP contribution in [0.1, 0.15) is 58.5 Å². The number of methoxy groups -OCH3 is 2. The maximum Gasteiger partial charge on any atom is 0.192 e. The quantitative estimate of drug-likeness (QED) is 0.161. The minimum absolute atomic E-state index is 0.00743. The highest BCUT2D eigenvalue weighted by Crippen LogP contribution is 2.38. The van der Waals surface area contributed by atoms with Gasteiger partial charge in [-0.1, -0.05) is 83.2 Å². The predicted octanol–water partition coefficient (Wildman–Crippen LogP) is 8.50. The summed E-state index contributed by atoms with van der Waals surface area (Å²) in [7, 11) is 1.61. The zero-order valence-electron chi connectivity index (χ0n) is 27.1. The molecule has 0 spiro atoms. The molecule has 0 radical (unpaired) electrons. The Morgan fingerprint density at radius 1 is 0.881 bits per heavy atom. The zero-order chi connectivity index (χ0) is 30.8. The Balaban J connectivity index is 1.62. The molecule has 6 nitrogen and oxygen atoms in total. The Morgan fingerprint density at radius 2 is 1.48 bits per heavy atom. The third-order valence-corrected chi connectivity index (χ3v) is 13.0. The summed E-state index contributed by atoms with van der Waals surface area (Å²) in [4.78, 5) is 0. The summed E-state index contributed by atoms with van der Waals surface area (Å²) in [5, 5.41) is 0.210. The van der Waals surface area contributed by atoms with Crippen molar-refractivity contribution in [2.45, 2.75) is 84.3 Å². The second-order valence-corrected chi connectivity index (χ2v) is 17.6. The molecule has 1 aliphatic rings. The second kappa shape index (κ2) is 15.9. The molecule has 1 heterocycles. The summed E-state index contributed by atoms with van der Waals surface area (Å²) in [5.74, 6) is 2.02. The lowest BCUT2D eigenvalue weighted by Gasteiger charge is -2.43. The first-order valence-corrected chi connectivity index (χ1v) is 18.0. The molecule has 0 aliphatic carbocycles. The van der Waals surface area contributed by atoms with Crippen molar-refractivity contribution in [3.8, 4) is 11.5 Å². The summed E-state index contributed by atoms with van der Waals surface area (Å²) in [5.41, 5.74) is 2.10. The Labute approximate surface area is 255 Å². The van der Waals surface area contributed by atoms with E-state index in [0.29, 0.717) is 19.8 Å². The van der Waals surface area contributed by atoms with Gasteiger partial charge in [0.1, 0.15) is 11.5 Å². The highest BCUT2D eigenvalue weighted by Gasteiger charge is 2.39. The minimum Gasteiger partial charge on any atom is -0.497 e. The molecule has 0 amide bonds. The van der Waals surface area contributed by atoms with Gasteiger partial charge >= 0.3 is 0 Å². The molecule has 5 atom stereocenters. The van der Waals surface area contributed by atoms with Crippen LogP contribution in [0, 0.1) is 11.8 Å². The Hall–Kier alpha value is -2.42. The number of rotatable bonds is 14. The molecule has 7 heteroatoms. The van der Waals surface area contributed by atoms with Crippen LogP contribution in [0.3, 0.4) is 0 Å². The highest BCUT2D eigenvalue weighted by atomic mass is 28.4. The van der Waals surface area contributed by atoms with Crippen molar-refractivity contribution in [3.63, 3.8) is 0 Å². The van der Waals surface area contributed by atoms with Crippen LogP contribution in [-0.4, -0.2) is 48.0 Å². The number of hydrogen-bond acceptors (Lipinski definition) is 6. The molecule has 2 aromatic rings. The molecule has 0 N–H and O–H groups in total. The summed E-state index contributed by atoms with van der Waals surface area (Å²) < 4.78 is 36.1. The predicted molar refractivity (Wildman–Crippen MR) is 173 cm³/mol. The van der Waals surface area contributed by atoms with Gasteiger partial charge in [-0.3, -0.25) is 0 Å². The van der Waals surface area contributed by atoms with Crippen LogP contribution in [0.4, 0.5) is 0 Å². The molecule has 0 bridgehead atoms. The first-order chi connectivity index (χ1) is 19.9. The third kappa shape index (κ3) is 9.81. The van der Waals surface area contributed by atoms with Crippen LogP contribution in [0.5, 0.6) is 11.5 Å². The minimum atomic E-state index is -1.74. The maximum atomic E-state index is 6.59. The van der Waals surface area contributed by atoms with Crippen LogP contribution >= 0.6 is 0 Å². The molecule has 232 valence electrons. The molecule has 0 unspecified atom stereocenters. The van der Waals surface area contributed by atoms with Gasteiger partial charge in [0.15, 0.2) is 14.6 Å². The van der Waals surface area contributed by atoms with E-state index in [1.807, 2.05) is 48.5 Å². The van der Waals surface area contributed by atoms with Gasteiger partial charge in [0.05, 0.1) is 46.2 Å². The van der Waals surface area contributed by atoms with Gasteiger partial charge < -0.3 is 28.1 Å². The van der Waals surface area contributed by atoms with Gasteiger partial charge in [-0.25, -0.2) is 0 Å². The monoisotopic (exact) mass is 596 g/mol.